The molecule has 2 nitrogen and oxygen atoms in total. The van der Waals surface area contributed by atoms with Crippen molar-refractivity contribution in [3.05, 3.63) is 33.8 Å². The molecule has 0 spiro atoms. The second kappa shape index (κ2) is 5.18. The van der Waals surface area contributed by atoms with Crippen LogP contribution in [0.1, 0.15) is 15.9 Å². The van der Waals surface area contributed by atoms with E-state index < -0.39 is 5.97 Å². The summed E-state index contributed by atoms with van der Waals surface area (Å²) in [5.41, 5.74) is 1.04. The lowest BCUT2D eigenvalue weighted by Crippen LogP contribution is -1.96. The topological polar surface area (TPSA) is 37.3 Å². The van der Waals surface area contributed by atoms with E-state index >= 15 is 0 Å². The van der Waals surface area contributed by atoms with Crippen LogP contribution >= 0.6 is 31.9 Å². The highest BCUT2D eigenvalue weighted by atomic mass is 79.9. The largest absolute Gasteiger partial charge is 0.478 e. The monoisotopic (exact) mass is 316 g/mol. The molecule has 0 aromatic heterocycles. The molecule has 0 atom stereocenters. The van der Waals surface area contributed by atoms with Crippen LogP contribution in [-0.4, -0.2) is 16.4 Å². The van der Waals surface area contributed by atoms with Gasteiger partial charge in [-0.1, -0.05) is 27.8 Å². The molecule has 0 saturated heterocycles. The molecule has 0 fully saturated rings. The molecule has 0 bridgehead atoms. The number of alkyl halides is 1. The Kier molecular flexibility index (Phi) is 4.18. The van der Waals surface area contributed by atoms with E-state index in [1.54, 1.807) is 12.1 Å². The highest BCUT2D eigenvalue weighted by Crippen LogP contribution is 2.17. The van der Waals surface area contributed by atoms with Gasteiger partial charge in [-0.15, -0.1) is 0 Å². The third-order valence-electron chi connectivity index (χ3n) is 1.51. The third kappa shape index (κ3) is 2.86. The summed E-state index contributed by atoms with van der Waals surface area (Å²) in [6, 6.07) is 4.76. The average Bonchev–Trinajstić information content (AvgIpc) is 2.15. The van der Waals surface area contributed by atoms with Gasteiger partial charge in [0.05, 0.1) is 10.9 Å². The lowest BCUT2D eigenvalue weighted by molar-refractivity contribution is 0.0697. The van der Waals surface area contributed by atoms with Crippen molar-refractivity contribution < 1.29 is 9.90 Å². The number of rotatable bonds is 1. The smallest absolute Gasteiger partial charge is 0.335 e. The summed E-state index contributed by atoms with van der Waals surface area (Å²) < 4.78 is 0.700. The zero-order valence-electron chi connectivity index (χ0n) is 7.05. The van der Waals surface area contributed by atoms with E-state index in [4.69, 9.17) is 5.11 Å². The standard InChI is InChI=1S/C10H6Br2O2/c11-5-1-2-7-3-4-8(10(13)14)6-9(7)12/h3-4,6H,5H2,(H,13,14). The quantitative estimate of drug-likeness (QED) is 0.639. The molecule has 0 aliphatic rings. The van der Waals surface area contributed by atoms with Gasteiger partial charge in [-0.2, -0.15) is 0 Å². The Morgan fingerprint density at radius 3 is 2.71 bits per heavy atom. The van der Waals surface area contributed by atoms with Crippen LogP contribution in [-0.2, 0) is 0 Å². The fourth-order valence-electron chi connectivity index (χ4n) is 0.878. The van der Waals surface area contributed by atoms with Gasteiger partial charge in [0.2, 0.25) is 0 Å². The number of carbonyl (C=O) groups is 1. The van der Waals surface area contributed by atoms with Crippen molar-refractivity contribution in [1.82, 2.24) is 0 Å². The summed E-state index contributed by atoms with van der Waals surface area (Å²) in [6.07, 6.45) is 0. The summed E-state index contributed by atoms with van der Waals surface area (Å²) in [6.45, 7) is 0. The van der Waals surface area contributed by atoms with Crippen LogP contribution in [0.4, 0.5) is 0 Å². The molecule has 1 rings (SSSR count). The fraction of sp³-hybridized carbons (Fsp3) is 0.100. The lowest BCUT2D eigenvalue weighted by Gasteiger charge is -1.98. The van der Waals surface area contributed by atoms with Crippen molar-refractivity contribution in [3.8, 4) is 11.8 Å². The van der Waals surface area contributed by atoms with Gasteiger partial charge in [-0.3, -0.25) is 0 Å². The van der Waals surface area contributed by atoms with E-state index in [-0.39, 0.29) is 5.56 Å². The van der Waals surface area contributed by atoms with Gasteiger partial charge in [0.1, 0.15) is 0 Å². The van der Waals surface area contributed by atoms with E-state index in [9.17, 15) is 4.79 Å². The minimum absolute atomic E-state index is 0.251. The Labute approximate surface area is 98.6 Å². The minimum Gasteiger partial charge on any atom is -0.478 e. The van der Waals surface area contributed by atoms with Crippen molar-refractivity contribution in [2.75, 3.05) is 5.33 Å². The molecule has 0 amide bonds. The molecule has 1 aromatic carbocycles. The first-order valence-electron chi connectivity index (χ1n) is 3.73. The number of halogens is 2. The van der Waals surface area contributed by atoms with Crippen LogP contribution < -0.4 is 0 Å². The van der Waals surface area contributed by atoms with Crippen molar-refractivity contribution >= 4 is 37.8 Å². The number of benzene rings is 1. The number of aromatic carboxylic acids is 1. The molecule has 0 aliphatic carbocycles. The van der Waals surface area contributed by atoms with Gasteiger partial charge in [0.15, 0.2) is 0 Å². The van der Waals surface area contributed by atoms with E-state index in [2.05, 4.69) is 43.7 Å². The number of carboxylic acids is 1. The van der Waals surface area contributed by atoms with Crippen molar-refractivity contribution in [2.24, 2.45) is 0 Å². The SMILES string of the molecule is O=C(O)c1ccc(C#CCBr)c(Br)c1. The molecule has 4 heteroatoms. The molecular formula is C10H6Br2O2. The maximum absolute atomic E-state index is 10.6. The normalized spacial score (nSPS) is 9.00. The van der Waals surface area contributed by atoms with Gasteiger partial charge >= 0.3 is 5.97 Å². The summed E-state index contributed by atoms with van der Waals surface area (Å²) in [5, 5.41) is 9.31. The van der Waals surface area contributed by atoms with E-state index in [0.717, 1.165) is 5.56 Å². The second-order valence-corrected chi connectivity index (χ2v) is 3.85. The van der Waals surface area contributed by atoms with Crippen molar-refractivity contribution in [3.63, 3.8) is 0 Å². The van der Waals surface area contributed by atoms with Crippen molar-refractivity contribution in [1.29, 1.82) is 0 Å². The van der Waals surface area contributed by atoms with Crippen molar-refractivity contribution in [2.45, 2.75) is 0 Å². The predicted molar refractivity (Wildman–Crippen MR) is 61.8 cm³/mol. The first kappa shape index (κ1) is 11.3. The van der Waals surface area contributed by atoms with E-state index in [1.165, 1.54) is 6.07 Å². The Balaban J connectivity index is 3.07. The third-order valence-corrected chi connectivity index (χ3v) is 2.44. The molecule has 0 radical (unpaired) electrons. The summed E-state index contributed by atoms with van der Waals surface area (Å²) in [4.78, 5) is 10.6. The van der Waals surface area contributed by atoms with Gasteiger partial charge in [0.25, 0.3) is 0 Å². The fourth-order valence-corrected chi connectivity index (χ4v) is 1.50. The zero-order chi connectivity index (χ0) is 10.6. The van der Waals surface area contributed by atoms with Crippen LogP contribution in [0.2, 0.25) is 0 Å². The maximum Gasteiger partial charge on any atom is 0.335 e. The summed E-state index contributed by atoms with van der Waals surface area (Å²) in [7, 11) is 0. The lowest BCUT2D eigenvalue weighted by atomic mass is 10.1. The van der Waals surface area contributed by atoms with Crippen LogP contribution in [0.25, 0.3) is 0 Å². The van der Waals surface area contributed by atoms with Crippen LogP contribution in [0.15, 0.2) is 22.7 Å². The van der Waals surface area contributed by atoms with Crippen LogP contribution in [0, 0.1) is 11.8 Å². The molecule has 0 aliphatic heterocycles. The summed E-state index contributed by atoms with van der Waals surface area (Å²) in [5.74, 6) is 4.80. The number of hydrogen-bond donors (Lipinski definition) is 1. The minimum atomic E-state index is -0.939. The molecule has 1 aromatic rings. The zero-order valence-corrected chi connectivity index (χ0v) is 10.2. The molecule has 0 unspecified atom stereocenters. The molecule has 1 N–H and O–H groups in total. The highest BCUT2D eigenvalue weighted by molar-refractivity contribution is 9.10. The number of carboxylic acid groups (broad SMARTS) is 1. The average molecular weight is 318 g/mol. The highest BCUT2D eigenvalue weighted by Gasteiger charge is 2.04. The van der Waals surface area contributed by atoms with Gasteiger partial charge in [-0.05, 0) is 34.1 Å². The Bertz CT molecular complexity index is 416. The molecule has 72 valence electrons. The summed E-state index contributed by atoms with van der Waals surface area (Å²) >= 11 is 6.45. The van der Waals surface area contributed by atoms with E-state index in [1.807, 2.05) is 0 Å². The Hall–Kier alpha value is -0.790. The van der Waals surface area contributed by atoms with Crippen LogP contribution in [0.5, 0.6) is 0 Å². The van der Waals surface area contributed by atoms with Gasteiger partial charge in [0, 0.05) is 10.0 Å². The van der Waals surface area contributed by atoms with Crippen LogP contribution in [0.3, 0.4) is 0 Å². The number of hydrogen-bond acceptors (Lipinski definition) is 1. The molecule has 14 heavy (non-hydrogen) atoms. The van der Waals surface area contributed by atoms with Gasteiger partial charge in [-0.25, -0.2) is 4.79 Å². The van der Waals surface area contributed by atoms with E-state index in [0.29, 0.717) is 9.80 Å². The molecule has 0 heterocycles. The van der Waals surface area contributed by atoms with Gasteiger partial charge < -0.3 is 5.11 Å². The first-order chi connectivity index (χ1) is 6.65. The second-order valence-electron chi connectivity index (χ2n) is 2.44. The first-order valence-corrected chi connectivity index (χ1v) is 5.64. The molecule has 0 saturated carbocycles. The Morgan fingerprint density at radius 1 is 1.50 bits per heavy atom. The molecular weight excluding hydrogens is 312 g/mol. The maximum atomic E-state index is 10.6. The Morgan fingerprint density at radius 2 is 2.21 bits per heavy atom. The predicted octanol–water partition coefficient (Wildman–Crippen LogP) is 2.89.